The normalized spacial score (nSPS) is 10.1. The minimum atomic E-state index is -0.398. The summed E-state index contributed by atoms with van der Waals surface area (Å²) in [5.41, 5.74) is 2.14. The molecule has 2 aromatic carbocycles. The average Bonchev–Trinajstić information content (AvgIpc) is 2.70. The highest BCUT2D eigenvalue weighted by atomic mass is 16.5. The van der Waals surface area contributed by atoms with Crippen LogP contribution in [0, 0.1) is 0 Å². The molecule has 0 bridgehead atoms. The molecular formula is C21H21N5O3. The van der Waals surface area contributed by atoms with Gasteiger partial charge in [0.2, 0.25) is 5.91 Å². The van der Waals surface area contributed by atoms with Crippen LogP contribution in [0.1, 0.15) is 24.3 Å². The Hall–Kier alpha value is -3.94. The molecule has 0 aliphatic carbocycles. The largest absolute Gasteiger partial charge is 0.494 e. The van der Waals surface area contributed by atoms with E-state index in [9.17, 15) is 9.59 Å². The molecule has 0 aliphatic heterocycles. The molecule has 0 radical (unpaired) electrons. The molecule has 29 heavy (non-hydrogen) atoms. The number of hydrogen-bond acceptors (Lipinski definition) is 6. The lowest BCUT2D eigenvalue weighted by Gasteiger charge is -2.09. The number of aromatic nitrogens is 2. The average molecular weight is 391 g/mol. The Morgan fingerprint density at radius 1 is 0.897 bits per heavy atom. The Morgan fingerprint density at radius 2 is 1.62 bits per heavy atom. The molecule has 1 heterocycles. The molecule has 3 aromatic rings. The van der Waals surface area contributed by atoms with E-state index in [0.717, 1.165) is 11.4 Å². The minimum Gasteiger partial charge on any atom is -0.494 e. The van der Waals surface area contributed by atoms with Crippen molar-refractivity contribution in [1.29, 1.82) is 0 Å². The molecule has 0 atom stereocenters. The number of benzene rings is 2. The number of carbonyl (C=O) groups is 2. The molecular weight excluding hydrogens is 370 g/mol. The van der Waals surface area contributed by atoms with Crippen molar-refractivity contribution in [3.05, 3.63) is 66.4 Å². The van der Waals surface area contributed by atoms with E-state index in [-0.39, 0.29) is 11.6 Å². The van der Waals surface area contributed by atoms with Crippen LogP contribution >= 0.6 is 0 Å². The van der Waals surface area contributed by atoms with E-state index >= 15 is 0 Å². The number of rotatable bonds is 7. The van der Waals surface area contributed by atoms with Gasteiger partial charge >= 0.3 is 0 Å². The van der Waals surface area contributed by atoms with Gasteiger partial charge in [-0.15, -0.1) is 10.2 Å². The van der Waals surface area contributed by atoms with Crippen molar-refractivity contribution in [2.24, 2.45) is 0 Å². The molecule has 8 nitrogen and oxygen atoms in total. The maximum atomic E-state index is 12.4. The van der Waals surface area contributed by atoms with Gasteiger partial charge in [0.1, 0.15) is 5.75 Å². The van der Waals surface area contributed by atoms with E-state index in [1.165, 1.54) is 6.92 Å². The van der Waals surface area contributed by atoms with Gasteiger partial charge in [0.25, 0.3) is 5.91 Å². The van der Waals surface area contributed by atoms with E-state index in [0.29, 0.717) is 23.8 Å². The molecule has 0 unspecified atom stereocenters. The number of nitrogens with zero attached hydrogens (tertiary/aromatic N) is 2. The van der Waals surface area contributed by atoms with Crippen LogP contribution in [0.5, 0.6) is 5.75 Å². The van der Waals surface area contributed by atoms with Crippen LogP contribution in [0.2, 0.25) is 0 Å². The Kier molecular flexibility index (Phi) is 6.36. The zero-order valence-corrected chi connectivity index (χ0v) is 16.1. The maximum absolute atomic E-state index is 12.4. The van der Waals surface area contributed by atoms with Crippen LogP contribution in [-0.4, -0.2) is 28.6 Å². The fourth-order valence-corrected chi connectivity index (χ4v) is 2.54. The highest BCUT2D eigenvalue weighted by Gasteiger charge is 2.09. The lowest BCUT2D eigenvalue weighted by Crippen LogP contribution is -2.15. The predicted molar refractivity (Wildman–Crippen MR) is 112 cm³/mol. The van der Waals surface area contributed by atoms with Crippen molar-refractivity contribution in [3.63, 3.8) is 0 Å². The van der Waals surface area contributed by atoms with Crippen LogP contribution in [0.15, 0.2) is 60.7 Å². The van der Waals surface area contributed by atoms with Gasteiger partial charge in [-0.3, -0.25) is 9.59 Å². The second-order valence-electron chi connectivity index (χ2n) is 6.10. The number of amides is 2. The van der Waals surface area contributed by atoms with Gasteiger partial charge in [0, 0.05) is 24.0 Å². The van der Waals surface area contributed by atoms with Crippen LogP contribution in [0.3, 0.4) is 0 Å². The number of hydrogen-bond donors (Lipinski definition) is 3. The van der Waals surface area contributed by atoms with Crippen molar-refractivity contribution in [3.8, 4) is 5.75 Å². The number of anilines is 4. The molecule has 8 heteroatoms. The van der Waals surface area contributed by atoms with E-state index in [1.807, 2.05) is 31.2 Å². The lowest BCUT2D eigenvalue weighted by atomic mass is 10.2. The van der Waals surface area contributed by atoms with Crippen LogP contribution in [-0.2, 0) is 4.79 Å². The summed E-state index contributed by atoms with van der Waals surface area (Å²) in [4.78, 5) is 23.5. The van der Waals surface area contributed by atoms with Crippen LogP contribution in [0.25, 0.3) is 0 Å². The Labute approximate surface area is 168 Å². The number of ether oxygens (including phenoxy) is 1. The number of carbonyl (C=O) groups excluding carboxylic acids is 2. The van der Waals surface area contributed by atoms with Gasteiger partial charge in [0.05, 0.1) is 6.61 Å². The first-order chi connectivity index (χ1) is 14.0. The van der Waals surface area contributed by atoms with Crippen molar-refractivity contribution in [2.45, 2.75) is 13.8 Å². The molecule has 0 fully saturated rings. The molecule has 148 valence electrons. The summed E-state index contributed by atoms with van der Waals surface area (Å²) in [5.74, 6) is 0.720. The van der Waals surface area contributed by atoms with Crippen molar-refractivity contribution >= 4 is 34.7 Å². The minimum absolute atomic E-state index is 0.173. The zero-order chi connectivity index (χ0) is 20.6. The fraction of sp³-hybridized carbons (Fsp3) is 0.143. The molecule has 0 spiro atoms. The quantitative estimate of drug-likeness (QED) is 0.565. The van der Waals surface area contributed by atoms with E-state index in [2.05, 4.69) is 26.1 Å². The highest BCUT2D eigenvalue weighted by molar-refractivity contribution is 6.03. The smallest absolute Gasteiger partial charge is 0.276 e. The third-order valence-electron chi connectivity index (χ3n) is 3.78. The fourth-order valence-electron chi connectivity index (χ4n) is 2.54. The van der Waals surface area contributed by atoms with Gasteiger partial charge in [-0.2, -0.15) is 0 Å². The van der Waals surface area contributed by atoms with E-state index < -0.39 is 5.91 Å². The molecule has 1 aromatic heterocycles. The molecule has 0 saturated heterocycles. The summed E-state index contributed by atoms with van der Waals surface area (Å²) < 4.78 is 5.41. The zero-order valence-electron chi connectivity index (χ0n) is 16.1. The van der Waals surface area contributed by atoms with Gasteiger partial charge < -0.3 is 20.7 Å². The summed E-state index contributed by atoms with van der Waals surface area (Å²) in [6, 6.07) is 17.6. The van der Waals surface area contributed by atoms with Gasteiger partial charge in [-0.05, 0) is 61.5 Å². The Bertz CT molecular complexity index is 988. The number of nitrogens with one attached hydrogen (secondary N) is 3. The summed E-state index contributed by atoms with van der Waals surface area (Å²) >= 11 is 0. The highest BCUT2D eigenvalue weighted by Crippen LogP contribution is 2.19. The SMILES string of the molecule is CCOc1ccc(Nc2ccc(C(=O)Nc3cccc(NC(C)=O)c3)nn2)cc1. The van der Waals surface area contributed by atoms with Gasteiger partial charge in [0.15, 0.2) is 11.5 Å². The van der Waals surface area contributed by atoms with Crippen LogP contribution < -0.4 is 20.7 Å². The summed E-state index contributed by atoms with van der Waals surface area (Å²) in [7, 11) is 0. The first kappa shape index (κ1) is 19.8. The predicted octanol–water partition coefficient (Wildman–Crippen LogP) is 3.83. The van der Waals surface area contributed by atoms with Gasteiger partial charge in [-0.1, -0.05) is 6.07 Å². The maximum Gasteiger partial charge on any atom is 0.276 e. The second kappa shape index (κ2) is 9.32. The monoisotopic (exact) mass is 391 g/mol. The van der Waals surface area contributed by atoms with Gasteiger partial charge in [-0.25, -0.2) is 0 Å². The molecule has 2 amide bonds. The Balaban J connectivity index is 1.62. The third kappa shape index (κ3) is 5.77. The van der Waals surface area contributed by atoms with Crippen molar-refractivity contribution < 1.29 is 14.3 Å². The molecule has 0 saturated carbocycles. The summed E-state index contributed by atoms with van der Waals surface area (Å²) in [6.07, 6.45) is 0. The molecule has 0 aliphatic rings. The summed E-state index contributed by atoms with van der Waals surface area (Å²) in [6.45, 7) is 3.96. The second-order valence-corrected chi connectivity index (χ2v) is 6.10. The summed E-state index contributed by atoms with van der Waals surface area (Å²) in [5, 5.41) is 16.5. The molecule has 3 rings (SSSR count). The van der Waals surface area contributed by atoms with Crippen molar-refractivity contribution in [1.82, 2.24) is 10.2 Å². The first-order valence-corrected chi connectivity index (χ1v) is 9.06. The first-order valence-electron chi connectivity index (χ1n) is 9.06. The van der Waals surface area contributed by atoms with E-state index in [1.54, 1.807) is 36.4 Å². The molecule has 3 N–H and O–H groups in total. The third-order valence-corrected chi connectivity index (χ3v) is 3.78. The topological polar surface area (TPSA) is 105 Å². The Morgan fingerprint density at radius 3 is 2.24 bits per heavy atom. The lowest BCUT2D eigenvalue weighted by molar-refractivity contribution is -0.114. The van der Waals surface area contributed by atoms with Crippen molar-refractivity contribution in [2.75, 3.05) is 22.6 Å². The standard InChI is InChI=1S/C21H21N5O3/c1-3-29-18-9-7-15(8-10-18)23-20-12-11-19(25-26-20)21(28)24-17-6-4-5-16(13-17)22-14(2)27/h4-13H,3H2,1-2H3,(H,22,27)(H,23,26)(H,24,28). The van der Waals surface area contributed by atoms with Crippen LogP contribution in [0.4, 0.5) is 22.9 Å². The van der Waals surface area contributed by atoms with E-state index in [4.69, 9.17) is 4.74 Å².